The molecule has 1 N–H and O–H groups in total. The second-order valence-corrected chi connectivity index (χ2v) is 6.04. The van der Waals surface area contributed by atoms with E-state index in [9.17, 15) is 23.7 Å². The number of hydrogen-bond donors (Lipinski definition) is 1. The number of rotatable bonds is 7. The lowest BCUT2D eigenvalue weighted by molar-refractivity contribution is -0.385. The van der Waals surface area contributed by atoms with E-state index in [0.717, 1.165) is 5.56 Å². The van der Waals surface area contributed by atoms with Crippen molar-refractivity contribution >= 4 is 11.6 Å². The van der Waals surface area contributed by atoms with E-state index >= 15 is 0 Å². The average molecular weight is 398 g/mol. The first-order chi connectivity index (χ1) is 14.0. The van der Waals surface area contributed by atoms with Crippen LogP contribution in [0.5, 0.6) is 5.75 Å². The summed E-state index contributed by atoms with van der Waals surface area (Å²) in [4.78, 5) is 23.4. The van der Waals surface area contributed by atoms with Crippen LogP contribution < -0.4 is 10.1 Å². The van der Waals surface area contributed by atoms with Crippen molar-refractivity contribution in [2.75, 3.05) is 0 Å². The van der Waals surface area contributed by atoms with Crippen molar-refractivity contribution in [2.45, 2.75) is 12.7 Å². The second kappa shape index (κ2) is 8.92. The van der Waals surface area contributed by atoms with Crippen LogP contribution in [-0.2, 0) is 0 Å². The Morgan fingerprint density at radius 2 is 1.48 bits per heavy atom. The minimum absolute atomic E-state index is 0.0133. The monoisotopic (exact) mass is 398 g/mol. The molecule has 148 valence electrons. The fourth-order valence-electron chi connectivity index (χ4n) is 2.88. The van der Waals surface area contributed by atoms with Gasteiger partial charge in [-0.1, -0.05) is 54.6 Å². The van der Waals surface area contributed by atoms with Crippen LogP contribution in [0.4, 0.5) is 14.5 Å². The number of ether oxygens (including phenoxy) is 1. The maximum atomic E-state index is 12.8. The van der Waals surface area contributed by atoms with E-state index in [0.29, 0.717) is 5.56 Å². The van der Waals surface area contributed by atoms with Gasteiger partial charge in [0.05, 0.1) is 11.0 Å². The van der Waals surface area contributed by atoms with Crippen molar-refractivity contribution in [1.82, 2.24) is 5.32 Å². The van der Waals surface area contributed by atoms with Crippen LogP contribution in [-0.4, -0.2) is 17.4 Å². The van der Waals surface area contributed by atoms with E-state index in [1.807, 2.05) is 6.07 Å². The number of amides is 1. The molecule has 0 radical (unpaired) electrons. The maximum absolute atomic E-state index is 12.8. The van der Waals surface area contributed by atoms with Gasteiger partial charge in [-0.3, -0.25) is 14.9 Å². The molecule has 0 saturated heterocycles. The highest BCUT2D eigenvalue weighted by Crippen LogP contribution is 2.26. The Kier molecular flexibility index (Phi) is 6.13. The third kappa shape index (κ3) is 4.92. The predicted octanol–water partition coefficient (Wildman–Crippen LogP) is 4.72. The summed E-state index contributed by atoms with van der Waals surface area (Å²) < 4.78 is 29.1. The van der Waals surface area contributed by atoms with Crippen LogP contribution in [0.1, 0.15) is 27.5 Å². The molecule has 1 amide bonds. The third-order valence-corrected chi connectivity index (χ3v) is 4.19. The Hall–Kier alpha value is -3.81. The van der Waals surface area contributed by atoms with Crippen molar-refractivity contribution in [3.05, 3.63) is 106 Å². The van der Waals surface area contributed by atoms with Crippen LogP contribution in [0.15, 0.2) is 78.9 Å². The molecule has 3 aromatic rings. The number of nitrogens with zero attached hydrogens (tertiary/aromatic N) is 1. The number of nitro groups is 1. The number of nitro benzene ring substituents is 1. The summed E-state index contributed by atoms with van der Waals surface area (Å²) in [6, 6.07) is 19.8. The summed E-state index contributed by atoms with van der Waals surface area (Å²) in [6.45, 7) is -2.94. The summed E-state index contributed by atoms with van der Waals surface area (Å²) in [7, 11) is 0. The molecule has 0 fully saturated rings. The normalized spacial score (nSPS) is 11.7. The molecule has 3 aromatic carbocycles. The number of halogens is 2. The molecular formula is C21H16F2N2O4. The third-order valence-electron chi connectivity index (χ3n) is 4.19. The molecule has 0 aliphatic rings. The van der Waals surface area contributed by atoms with Gasteiger partial charge in [-0.05, 0) is 29.3 Å². The number of hydrogen-bond acceptors (Lipinski definition) is 4. The van der Waals surface area contributed by atoms with Gasteiger partial charge < -0.3 is 10.1 Å². The Balaban J connectivity index is 1.93. The molecular weight excluding hydrogens is 382 g/mol. The zero-order chi connectivity index (χ0) is 20.8. The van der Waals surface area contributed by atoms with Crippen molar-refractivity contribution in [3.63, 3.8) is 0 Å². The Morgan fingerprint density at radius 1 is 0.897 bits per heavy atom. The van der Waals surface area contributed by atoms with Gasteiger partial charge in [-0.15, -0.1) is 0 Å². The lowest BCUT2D eigenvalue weighted by atomic mass is 9.98. The van der Waals surface area contributed by atoms with E-state index in [-0.39, 0.29) is 17.0 Å². The van der Waals surface area contributed by atoms with Gasteiger partial charge >= 0.3 is 6.61 Å². The van der Waals surface area contributed by atoms with Crippen LogP contribution in [0, 0.1) is 10.1 Å². The molecule has 1 atom stereocenters. The van der Waals surface area contributed by atoms with Crippen molar-refractivity contribution < 1.29 is 23.2 Å². The van der Waals surface area contributed by atoms with E-state index in [4.69, 9.17) is 0 Å². The summed E-state index contributed by atoms with van der Waals surface area (Å²) in [5.74, 6) is -0.639. The molecule has 1 unspecified atom stereocenters. The molecule has 6 nitrogen and oxygen atoms in total. The maximum Gasteiger partial charge on any atom is 0.387 e. The van der Waals surface area contributed by atoms with Gasteiger partial charge in [0.1, 0.15) is 11.3 Å². The lowest BCUT2D eigenvalue weighted by Gasteiger charge is -2.20. The van der Waals surface area contributed by atoms with Crippen molar-refractivity contribution in [1.29, 1.82) is 0 Å². The zero-order valence-electron chi connectivity index (χ0n) is 15.0. The predicted molar refractivity (Wildman–Crippen MR) is 102 cm³/mol. The van der Waals surface area contributed by atoms with E-state index in [1.165, 1.54) is 36.4 Å². The summed E-state index contributed by atoms with van der Waals surface area (Å²) in [6.07, 6.45) is 0. The molecule has 8 heteroatoms. The van der Waals surface area contributed by atoms with Crippen molar-refractivity contribution in [2.24, 2.45) is 0 Å². The highest BCUT2D eigenvalue weighted by Gasteiger charge is 2.23. The first-order valence-electron chi connectivity index (χ1n) is 8.59. The summed E-state index contributed by atoms with van der Waals surface area (Å²) in [5.41, 5.74) is 0.945. The van der Waals surface area contributed by atoms with Crippen LogP contribution in [0.2, 0.25) is 0 Å². The fourth-order valence-corrected chi connectivity index (χ4v) is 2.88. The number of carbonyl (C=O) groups excluding carboxylic acids is 1. The van der Waals surface area contributed by atoms with Crippen LogP contribution >= 0.6 is 0 Å². The highest BCUT2D eigenvalue weighted by molar-refractivity contribution is 5.98. The SMILES string of the molecule is O=C(NC(c1ccccc1)c1ccc(OC(F)F)cc1)c1ccccc1[N+](=O)[O-]. The Labute approximate surface area is 164 Å². The molecule has 0 saturated carbocycles. The summed E-state index contributed by atoms with van der Waals surface area (Å²) in [5, 5.41) is 14.0. The average Bonchev–Trinajstić information content (AvgIpc) is 2.73. The molecule has 3 rings (SSSR count). The smallest absolute Gasteiger partial charge is 0.387 e. The largest absolute Gasteiger partial charge is 0.435 e. The minimum Gasteiger partial charge on any atom is -0.435 e. The van der Waals surface area contributed by atoms with Gasteiger partial charge in [0.25, 0.3) is 11.6 Å². The van der Waals surface area contributed by atoms with Gasteiger partial charge in [0.15, 0.2) is 0 Å². The molecule has 0 aliphatic carbocycles. The van der Waals surface area contributed by atoms with Crippen LogP contribution in [0.25, 0.3) is 0 Å². The van der Waals surface area contributed by atoms with Crippen LogP contribution in [0.3, 0.4) is 0 Å². The number of benzene rings is 3. The molecule has 0 heterocycles. The molecule has 0 aromatic heterocycles. The standard InChI is InChI=1S/C21H16F2N2O4/c22-21(23)29-16-12-10-15(11-13-16)19(14-6-2-1-3-7-14)24-20(26)17-8-4-5-9-18(17)25(27)28/h1-13,19,21H,(H,24,26). The van der Waals surface area contributed by atoms with Gasteiger partial charge in [-0.25, -0.2) is 0 Å². The topological polar surface area (TPSA) is 81.5 Å². The Bertz CT molecular complexity index is 995. The first-order valence-corrected chi connectivity index (χ1v) is 8.59. The van der Waals surface area contributed by atoms with E-state index < -0.39 is 23.5 Å². The van der Waals surface area contributed by atoms with Gasteiger partial charge in [0, 0.05) is 6.07 Å². The molecule has 0 aliphatic heterocycles. The molecule has 29 heavy (non-hydrogen) atoms. The van der Waals surface area contributed by atoms with E-state index in [2.05, 4.69) is 10.1 Å². The lowest BCUT2D eigenvalue weighted by Crippen LogP contribution is -2.29. The number of carbonyl (C=O) groups is 1. The molecule has 0 spiro atoms. The van der Waals surface area contributed by atoms with E-state index in [1.54, 1.807) is 36.4 Å². The zero-order valence-corrected chi connectivity index (χ0v) is 15.0. The first kappa shape index (κ1) is 19.9. The number of para-hydroxylation sites is 1. The van der Waals surface area contributed by atoms with Gasteiger partial charge in [-0.2, -0.15) is 8.78 Å². The molecule has 0 bridgehead atoms. The van der Waals surface area contributed by atoms with Gasteiger partial charge in [0.2, 0.25) is 0 Å². The minimum atomic E-state index is -2.94. The van der Waals surface area contributed by atoms with Crippen molar-refractivity contribution in [3.8, 4) is 5.75 Å². The highest BCUT2D eigenvalue weighted by atomic mass is 19.3. The summed E-state index contributed by atoms with van der Waals surface area (Å²) >= 11 is 0. The Morgan fingerprint density at radius 3 is 2.10 bits per heavy atom. The number of alkyl halides is 2. The quantitative estimate of drug-likeness (QED) is 0.461. The second-order valence-electron chi connectivity index (χ2n) is 6.04. The number of nitrogens with one attached hydrogen (secondary N) is 1. The fraction of sp³-hybridized carbons (Fsp3) is 0.0952.